The minimum absolute atomic E-state index is 0.262. The number of carbonyl (C=O) groups is 1. The standard InChI is InChI=1S/C17H16Cl2N2O3/c1-10-6-15(23-2)16(24-3)7-11(10)9-20-21-17(22)13-5-4-12(18)8-14(13)19/h4-9H,1-3H3,(H,21,22)/b20-9-. The first-order valence-corrected chi connectivity index (χ1v) is 7.73. The van der Waals surface area contributed by atoms with E-state index in [0.717, 1.165) is 11.1 Å². The summed E-state index contributed by atoms with van der Waals surface area (Å²) in [5, 5.41) is 4.68. The van der Waals surface area contributed by atoms with Crippen LogP contribution in [-0.4, -0.2) is 26.3 Å². The third-order valence-electron chi connectivity index (χ3n) is 3.32. The number of amides is 1. The lowest BCUT2D eigenvalue weighted by atomic mass is 10.1. The van der Waals surface area contributed by atoms with E-state index in [-0.39, 0.29) is 5.02 Å². The summed E-state index contributed by atoms with van der Waals surface area (Å²) in [4.78, 5) is 12.1. The summed E-state index contributed by atoms with van der Waals surface area (Å²) in [5.41, 5.74) is 4.44. The minimum Gasteiger partial charge on any atom is -0.493 e. The quantitative estimate of drug-likeness (QED) is 0.640. The zero-order valence-electron chi connectivity index (χ0n) is 13.4. The van der Waals surface area contributed by atoms with Gasteiger partial charge in [0.25, 0.3) is 5.91 Å². The number of hydrazone groups is 1. The Balaban J connectivity index is 2.15. The Labute approximate surface area is 150 Å². The van der Waals surface area contributed by atoms with Crippen LogP contribution < -0.4 is 14.9 Å². The number of hydrogen-bond acceptors (Lipinski definition) is 4. The molecule has 5 nitrogen and oxygen atoms in total. The number of hydrogen-bond donors (Lipinski definition) is 1. The van der Waals surface area contributed by atoms with Crippen molar-refractivity contribution in [2.75, 3.05) is 14.2 Å². The first-order valence-electron chi connectivity index (χ1n) is 6.97. The highest BCUT2D eigenvalue weighted by molar-refractivity contribution is 6.36. The number of aryl methyl sites for hydroxylation is 1. The van der Waals surface area contributed by atoms with Crippen LogP contribution in [0.3, 0.4) is 0 Å². The molecule has 0 unspecified atom stereocenters. The maximum atomic E-state index is 12.1. The van der Waals surface area contributed by atoms with Crippen LogP contribution in [0, 0.1) is 6.92 Å². The van der Waals surface area contributed by atoms with E-state index in [1.54, 1.807) is 26.4 Å². The van der Waals surface area contributed by atoms with Crippen LogP contribution in [-0.2, 0) is 0 Å². The monoisotopic (exact) mass is 366 g/mol. The summed E-state index contributed by atoms with van der Waals surface area (Å²) >= 11 is 11.8. The van der Waals surface area contributed by atoms with Crippen LogP contribution >= 0.6 is 23.2 Å². The lowest BCUT2D eigenvalue weighted by Gasteiger charge is -2.10. The largest absolute Gasteiger partial charge is 0.493 e. The van der Waals surface area contributed by atoms with Crippen molar-refractivity contribution in [2.24, 2.45) is 5.10 Å². The topological polar surface area (TPSA) is 59.9 Å². The van der Waals surface area contributed by atoms with E-state index in [1.165, 1.54) is 18.3 Å². The first-order chi connectivity index (χ1) is 11.5. The van der Waals surface area contributed by atoms with Crippen molar-refractivity contribution in [3.63, 3.8) is 0 Å². The second kappa shape index (κ2) is 8.04. The van der Waals surface area contributed by atoms with Gasteiger partial charge in [-0.15, -0.1) is 0 Å². The number of carbonyl (C=O) groups excluding carboxylic acids is 1. The molecule has 0 saturated carbocycles. The molecule has 126 valence electrons. The van der Waals surface area contributed by atoms with Crippen LogP contribution in [0.4, 0.5) is 0 Å². The number of nitrogens with one attached hydrogen (secondary N) is 1. The maximum absolute atomic E-state index is 12.1. The van der Waals surface area contributed by atoms with Gasteiger partial charge < -0.3 is 9.47 Å². The molecule has 7 heteroatoms. The van der Waals surface area contributed by atoms with E-state index < -0.39 is 5.91 Å². The highest BCUT2D eigenvalue weighted by atomic mass is 35.5. The molecule has 1 N–H and O–H groups in total. The maximum Gasteiger partial charge on any atom is 0.272 e. The van der Waals surface area contributed by atoms with Gasteiger partial charge in [-0.25, -0.2) is 5.43 Å². The predicted octanol–water partition coefficient (Wildman–Crippen LogP) is 4.08. The van der Waals surface area contributed by atoms with Crippen molar-refractivity contribution < 1.29 is 14.3 Å². The number of nitrogens with zero attached hydrogens (tertiary/aromatic N) is 1. The summed E-state index contributed by atoms with van der Waals surface area (Å²) in [6, 6.07) is 8.24. The number of benzene rings is 2. The molecule has 0 spiro atoms. The Bertz CT molecular complexity index is 792. The molecule has 0 heterocycles. The molecule has 0 aromatic heterocycles. The molecule has 0 aliphatic carbocycles. The van der Waals surface area contributed by atoms with Crippen LogP contribution in [0.5, 0.6) is 11.5 Å². The molecular weight excluding hydrogens is 351 g/mol. The summed E-state index contributed by atoms with van der Waals surface area (Å²) in [5.74, 6) is 0.784. The van der Waals surface area contributed by atoms with Crippen molar-refractivity contribution in [1.82, 2.24) is 5.43 Å². The highest BCUT2D eigenvalue weighted by Gasteiger charge is 2.10. The molecule has 0 aliphatic heterocycles. The van der Waals surface area contributed by atoms with E-state index >= 15 is 0 Å². The zero-order chi connectivity index (χ0) is 17.7. The number of ether oxygens (including phenoxy) is 2. The van der Waals surface area contributed by atoms with Crippen molar-refractivity contribution in [2.45, 2.75) is 6.92 Å². The Hall–Kier alpha value is -2.24. The summed E-state index contributed by atoms with van der Waals surface area (Å²) < 4.78 is 10.5. The number of rotatable bonds is 5. The molecule has 0 aliphatic rings. The Kier molecular flexibility index (Phi) is 6.06. The van der Waals surface area contributed by atoms with Gasteiger partial charge in [0, 0.05) is 10.6 Å². The van der Waals surface area contributed by atoms with Gasteiger partial charge in [0.15, 0.2) is 11.5 Å². The normalized spacial score (nSPS) is 10.7. The van der Waals surface area contributed by atoms with Crippen LogP contribution in [0.15, 0.2) is 35.4 Å². The fourth-order valence-electron chi connectivity index (χ4n) is 2.03. The Morgan fingerprint density at radius 3 is 2.42 bits per heavy atom. The molecule has 2 aromatic carbocycles. The summed E-state index contributed by atoms with van der Waals surface area (Å²) in [6.07, 6.45) is 1.53. The minimum atomic E-state index is -0.425. The Morgan fingerprint density at radius 2 is 1.79 bits per heavy atom. The van der Waals surface area contributed by atoms with Gasteiger partial charge in [0.2, 0.25) is 0 Å². The van der Waals surface area contributed by atoms with Crippen LogP contribution in [0.1, 0.15) is 21.5 Å². The van der Waals surface area contributed by atoms with Crippen molar-refractivity contribution in [1.29, 1.82) is 0 Å². The molecule has 0 fully saturated rings. The molecule has 2 rings (SSSR count). The second-order valence-electron chi connectivity index (χ2n) is 4.89. The zero-order valence-corrected chi connectivity index (χ0v) is 14.9. The SMILES string of the molecule is COc1cc(C)c(/C=N\NC(=O)c2ccc(Cl)cc2Cl)cc1OC. The van der Waals surface area contributed by atoms with E-state index in [4.69, 9.17) is 32.7 Å². The van der Waals surface area contributed by atoms with Gasteiger partial charge in [-0.1, -0.05) is 23.2 Å². The predicted molar refractivity (Wildman–Crippen MR) is 95.8 cm³/mol. The molecule has 2 aromatic rings. The van der Waals surface area contributed by atoms with Gasteiger partial charge in [-0.05, 0) is 42.8 Å². The highest BCUT2D eigenvalue weighted by Crippen LogP contribution is 2.29. The molecule has 0 atom stereocenters. The third kappa shape index (κ3) is 4.19. The fourth-order valence-corrected chi connectivity index (χ4v) is 2.52. The molecule has 0 radical (unpaired) electrons. The fraction of sp³-hybridized carbons (Fsp3) is 0.176. The van der Waals surface area contributed by atoms with Crippen LogP contribution in [0.25, 0.3) is 0 Å². The molecule has 24 heavy (non-hydrogen) atoms. The lowest BCUT2D eigenvalue weighted by molar-refractivity contribution is 0.0955. The molecular formula is C17H16Cl2N2O3. The second-order valence-corrected chi connectivity index (χ2v) is 5.73. The van der Waals surface area contributed by atoms with E-state index in [0.29, 0.717) is 22.1 Å². The number of methoxy groups -OCH3 is 2. The lowest BCUT2D eigenvalue weighted by Crippen LogP contribution is -2.18. The molecule has 0 saturated heterocycles. The molecule has 0 bridgehead atoms. The summed E-state index contributed by atoms with van der Waals surface area (Å²) in [6.45, 7) is 1.90. The van der Waals surface area contributed by atoms with Gasteiger partial charge in [-0.3, -0.25) is 4.79 Å². The number of halogens is 2. The van der Waals surface area contributed by atoms with Crippen molar-refractivity contribution in [3.05, 3.63) is 57.1 Å². The molecule has 1 amide bonds. The van der Waals surface area contributed by atoms with Crippen molar-refractivity contribution in [3.8, 4) is 11.5 Å². The van der Waals surface area contributed by atoms with E-state index in [1.807, 2.05) is 13.0 Å². The first kappa shape index (κ1) is 18.1. The smallest absolute Gasteiger partial charge is 0.272 e. The average molecular weight is 367 g/mol. The Morgan fingerprint density at radius 1 is 1.12 bits per heavy atom. The van der Waals surface area contributed by atoms with Gasteiger partial charge >= 0.3 is 0 Å². The van der Waals surface area contributed by atoms with Gasteiger partial charge in [0.05, 0.1) is 31.0 Å². The van der Waals surface area contributed by atoms with Gasteiger partial charge in [-0.2, -0.15) is 5.10 Å². The third-order valence-corrected chi connectivity index (χ3v) is 3.87. The van der Waals surface area contributed by atoms with Crippen LogP contribution in [0.2, 0.25) is 10.0 Å². The van der Waals surface area contributed by atoms with E-state index in [2.05, 4.69) is 10.5 Å². The van der Waals surface area contributed by atoms with E-state index in [9.17, 15) is 4.79 Å². The summed E-state index contributed by atoms with van der Waals surface area (Å²) in [7, 11) is 3.12. The average Bonchev–Trinajstić information content (AvgIpc) is 2.55. The van der Waals surface area contributed by atoms with Gasteiger partial charge in [0.1, 0.15) is 0 Å². The van der Waals surface area contributed by atoms with Crippen molar-refractivity contribution >= 4 is 35.3 Å².